The summed E-state index contributed by atoms with van der Waals surface area (Å²) in [7, 11) is 0. The van der Waals surface area contributed by atoms with Crippen LogP contribution >= 0.6 is 12.4 Å². The maximum Gasteiger partial charge on any atom is 0.335 e. The fraction of sp³-hybridized carbons (Fsp3) is 0.417. The van der Waals surface area contributed by atoms with Gasteiger partial charge >= 0.3 is 5.97 Å². The Bertz CT molecular complexity index is 362. The molecule has 1 fully saturated rings. The summed E-state index contributed by atoms with van der Waals surface area (Å²) in [4.78, 5) is 10.8. The largest absolute Gasteiger partial charge is 0.478 e. The van der Waals surface area contributed by atoms with Gasteiger partial charge in [0.2, 0.25) is 0 Å². The summed E-state index contributed by atoms with van der Waals surface area (Å²) in [5, 5.41) is 12.3. The van der Waals surface area contributed by atoms with E-state index in [1.165, 1.54) is 12.8 Å². The van der Waals surface area contributed by atoms with Crippen molar-refractivity contribution in [3.05, 3.63) is 35.4 Å². The maximum atomic E-state index is 10.8. The molecule has 0 radical (unpaired) electrons. The summed E-state index contributed by atoms with van der Waals surface area (Å²) >= 11 is 0. The summed E-state index contributed by atoms with van der Waals surface area (Å²) in [6.45, 7) is 1.03. The molecule has 2 rings (SSSR count). The number of piperidine rings is 1. The Morgan fingerprint density at radius 1 is 1.38 bits per heavy atom. The molecule has 1 heterocycles. The Kier molecular flexibility index (Phi) is 4.77. The van der Waals surface area contributed by atoms with Crippen molar-refractivity contribution in [2.45, 2.75) is 25.3 Å². The molecular formula is C12H16ClNO2. The zero-order chi connectivity index (χ0) is 10.7. The number of halogens is 1. The van der Waals surface area contributed by atoms with Gasteiger partial charge in [-0.3, -0.25) is 0 Å². The normalized spacial score (nSPS) is 19.9. The van der Waals surface area contributed by atoms with E-state index in [1.807, 2.05) is 12.1 Å². The van der Waals surface area contributed by atoms with Crippen molar-refractivity contribution in [3.63, 3.8) is 0 Å². The first-order valence-electron chi connectivity index (χ1n) is 5.34. The van der Waals surface area contributed by atoms with Crippen LogP contribution < -0.4 is 5.32 Å². The van der Waals surface area contributed by atoms with E-state index in [4.69, 9.17) is 5.11 Å². The number of carboxylic acid groups (broad SMARTS) is 1. The third-order valence-corrected chi connectivity index (χ3v) is 2.85. The first kappa shape index (κ1) is 13.0. The highest BCUT2D eigenvalue weighted by Gasteiger charge is 2.15. The number of benzene rings is 1. The van der Waals surface area contributed by atoms with Gasteiger partial charge in [-0.05, 0) is 37.1 Å². The Morgan fingerprint density at radius 3 is 2.81 bits per heavy atom. The van der Waals surface area contributed by atoms with E-state index in [2.05, 4.69) is 5.32 Å². The first-order chi connectivity index (χ1) is 7.27. The van der Waals surface area contributed by atoms with Gasteiger partial charge in [0.1, 0.15) is 0 Å². The molecule has 16 heavy (non-hydrogen) atoms. The highest BCUT2D eigenvalue weighted by molar-refractivity contribution is 5.87. The van der Waals surface area contributed by atoms with Gasteiger partial charge in [0, 0.05) is 6.04 Å². The molecule has 2 N–H and O–H groups in total. The van der Waals surface area contributed by atoms with Crippen LogP contribution in [0.5, 0.6) is 0 Å². The molecule has 0 saturated carbocycles. The fourth-order valence-corrected chi connectivity index (χ4v) is 2.02. The van der Waals surface area contributed by atoms with Crippen LogP contribution in [0.25, 0.3) is 0 Å². The highest BCUT2D eigenvalue weighted by Crippen LogP contribution is 2.23. The molecule has 3 nitrogen and oxygen atoms in total. The Balaban J connectivity index is 0.00000128. The second-order valence-corrected chi connectivity index (χ2v) is 3.93. The van der Waals surface area contributed by atoms with Crippen LogP contribution in [0.15, 0.2) is 24.3 Å². The highest BCUT2D eigenvalue weighted by atomic mass is 35.5. The molecule has 1 atom stereocenters. The zero-order valence-electron chi connectivity index (χ0n) is 8.98. The van der Waals surface area contributed by atoms with E-state index in [-0.39, 0.29) is 12.4 Å². The van der Waals surface area contributed by atoms with Crippen LogP contribution in [0.1, 0.15) is 41.2 Å². The molecule has 1 saturated heterocycles. The van der Waals surface area contributed by atoms with Gasteiger partial charge in [-0.1, -0.05) is 18.6 Å². The predicted octanol–water partition coefficient (Wildman–Crippen LogP) is 2.62. The van der Waals surface area contributed by atoms with E-state index < -0.39 is 5.97 Å². The van der Waals surface area contributed by atoms with Crippen molar-refractivity contribution < 1.29 is 9.90 Å². The molecule has 0 spiro atoms. The Morgan fingerprint density at radius 2 is 2.19 bits per heavy atom. The van der Waals surface area contributed by atoms with E-state index in [0.717, 1.165) is 18.5 Å². The van der Waals surface area contributed by atoms with Gasteiger partial charge in [-0.25, -0.2) is 4.79 Å². The van der Waals surface area contributed by atoms with E-state index >= 15 is 0 Å². The monoisotopic (exact) mass is 241 g/mol. The summed E-state index contributed by atoms with van der Waals surface area (Å²) in [6, 6.07) is 7.54. The molecule has 88 valence electrons. The predicted molar refractivity (Wildman–Crippen MR) is 65.2 cm³/mol. The van der Waals surface area contributed by atoms with Crippen molar-refractivity contribution >= 4 is 18.4 Å². The van der Waals surface area contributed by atoms with Crippen LogP contribution in [-0.2, 0) is 0 Å². The number of aromatic carboxylic acids is 1. The molecule has 4 heteroatoms. The van der Waals surface area contributed by atoms with E-state index in [9.17, 15) is 4.79 Å². The lowest BCUT2D eigenvalue weighted by Gasteiger charge is -2.23. The molecule has 0 bridgehead atoms. The average Bonchev–Trinajstić information content (AvgIpc) is 2.30. The van der Waals surface area contributed by atoms with Gasteiger partial charge in [-0.15, -0.1) is 12.4 Å². The van der Waals surface area contributed by atoms with Gasteiger partial charge in [0.05, 0.1) is 5.56 Å². The van der Waals surface area contributed by atoms with Gasteiger partial charge in [-0.2, -0.15) is 0 Å². The minimum absolute atomic E-state index is 0. The minimum Gasteiger partial charge on any atom is -0.478 e. The quantitative estimate of drug-likeness (QED) is 0.837. The molecule has 1 aliphatic rings. The standard InChI is InChI=1S/C12H15NO2.ClH/c14-12(15)10-5-3-4-9(8-10)11-6-1-2-7-13-11;/h3-5,8,11,13H,1-2,6-7H2,(H,14,15);1H/t11-;/m1./s1. The lowest BCUT2D eigenvalue weighted by molar-refractivity contribution is 0.0696. The van der Waals surface area contributed by atoms with E-state index in [1.54, 1.807) is 12.1 Å². The van der Waals surface area contributed by atoms with Crippen LogP contribution in [0.4, 0.5) is 0 Å². The van der Waals surface area contributed by atoms with Crippen molar-refractivity contribution in [1.82, 2.24) is 5.32 Å². The van der Waals surface area contributed by atoms with Gasteiger partial charge < -0.3 is 10.4 Å². The summed E-state index contributed by atoms with van der Waals surface area (Å²) < 4.78 is 0. The number of rotatable bonds is 2. The topological polar surface area (TPSA) is 49.3 Å². The average molecular weight is 242 g/mol. The summed E-state index contributed by atoms with van der Waals surface area (Å²) in [5.74, 6) is -0.854. The molecule has 0 aromatic heterocycles. The third-order valence-electron chi connectivity index (χ3n) is 2.85. The molecule has 1 aromatic rings. The first-order valence-corrected chi connectivity index (χ1v) is 5.34. The third kappa shape index (κ3) is 2.97. The molecule has 0 unspecified atom stereocenters. The number of nitrogens with one attached hydrogen (secondary N) is 1. The number of hydrogen-bond acceptors (Lipinski definition) is 2. The molecular weight excluding hydrogens is 226 g/mol. The summed E-state index contributed by atoms with van der Waals surface area (Å²) in [5.41, 5.74) is 1.47. The van der Waals surface area contributed by atoms with Crippen LogP contribution in [0.3, 0.4) is 0 Å². The minimum atomic E-state index is -0.854. The van der Waals surface area contributed by atoms with Gasteiger partial charge in [0.15, 0.2) is 0 Å². The van der Waals surface area contributed by atoms with Crippen molar-refractivity contribution in [2.24, 2.45) is 0 Å². The number of carboxylic acids is 1. The van der Waals surface area contributed by atoms with E-state index in [0.29, 0.717) is 11.6 Å². The molecule has 0 amide bonds. The molecule has 1 aromatic carbocycles. The summed E-state index contributed by atoms with van der Waals surface area (Å²) in [6.07, 6.45) is 3.53. The van der Waals surface area contributed by atoms with Crippen molar-refractivity contribution in [3.8, 4) is 0 Å². The van der Waals surface area contributed by atoms with Crippen molar-refractivity contribution in [1.29, 1.82) is 0 Å². The lowest BCUT2D eigenvalue weighted by atomic mass is 9.96. The van der Waals surface area contributed by atoms with Crippen LogP contribution in [-0.4, -0.2) is 17.6 Å². The maximum absolute atomic E-state index is 10.8. The number of hydrogen-bond donors (Lipinski definition) is 2. The zero-order valence-corrected chi connectivity index (χ0v) is 9.80. The molecule has 0 aliphatic carbocycles. The fourth-order valence-electron chi connectivity index (χ4n) is 2.02. The van der Waals surface area contributed by atoms with Crippen LogP contribution in [0.2, 0.25) is 0 Å². The lowest BCUT2D eigenvalue weighted by Crippen LogP contribution is -2.26. The molecule has 1 aliphatic heterocycles. The SMILES string of the molecule is Cl.O=C(O)c1cccc([C@H]2CCCCN2)c1. The Labute approximate surface area is 101 Å². The van der Waals surface area contributed by atoms with Crippen molar-refractivity contribution in [2.75, 3.05) is 6.54 Å². The van der Waals surface area contributed by atoms with Gasteiger partial charge in [0.25, 0.3) is 0 Å². The Hall–Kier alpha value is -1.06. The van der Waals surface area contributed by atoms with Crippen LogP contribution in [0, 0.1) is 0 Å². The number of carbonyl (C=O) groups is 1. The smallest absolute Gasteiger partial charge is 0.335 e. The second-order valence-electron chi connectivity index (χ2n) is 3.93. The second kappa shape index (κ2) is 5.87.